The third-order valence-electron chi connectivity index (χ3n) is 3.16. The molecule has 0 saturated carbocycles. The molecule has 3 N–H and O–H groups in total. The topological polar surface area (TPSA) is 50.9 Å². The van der Waals surface area contributed by atoms with Gasteiger partial charge in [-0.25, -0.2) is 0 Å². The fraction of sp³-hybridized carbons (Fsp3) is 0.583. The van der Waals surface area contributed by atoms with Crippen molar-refractivity contribution in [3.05, 3.63) is 30.1 Å². The lowest BCUT2D eigenvalue weighted by Gasteiger charge is -2.27. The minimum absolute atomic E-state index is 0.266. The maximum absolute atomic E-state index is 6.21. The Bertz CT molecular complexity index is 280. The molecule has 15 heavy (non-hydrogen) atoms. The van der Waals surface area contributed by atoms with Crippen LogP contribution in [-0.4, -0.2) is 24.1 Å². The van der Waals surface area contributed by atoms with Gasteiger partial charge in [-0.15, -0.1) is 0 Å². The van der Waals surface area contributed by atoms with E-state index in [1.54, 1.807) is 0 Å². The van der Waals surface area contributed by atoms with E-state index in [9.17, 15) is 0 Å². The fourth-order valence-electron chi connectivity index (χ4n) is 2.20. The summed E-state index contributed by atoms with van der Waals surface area (Å²) in [6.07, 6.45) is 5.15. The zero-order valence-corrected chi connectivity index (χ0v) is 9.02. The van der Waals surface area contributed by atoms with E-state index in [1.165, 1.54) is 12.8 Å². The molecule has 0 aliphatic carbocycles. The Kier molecular flexibility index (Phi) is 3.69. The Balaban J connectivity index is 1.88. The summed E-state index contributed by atoms with van der Waals surface area (Å²) >= 11 is 0. The van der Waals surface area contributed by atoms with Gasteiger partial charge in [0.1, 0.15) is 0 Å². The summed E-state index contributed by atoms with van der Waals surface area (Å²) in [7, 11) is 0. The lowest BCUT2D eigenvalue weighted by atomic mass is 9.88. The van der Waals surface area contributed by atoms with Crippen molar-refractivity contribution in [3.63, 3.8) is 0 Å². The number of piperidine rings is 1. The molecule has 0 radical (unpaired) electrons. The summed E-state index contributed by atoms with van der Waals surface area (Å²) in [4.78, 5) is 4.32. The van der Waals surface area contributed by atoms with E-state index < -0.39 is 0 Å². The van der Waals surface area contributed by atoms with Crippen molar-refractivity contribution < 1.29 is 0 Å². The van der Waals surface area contributed by atoms with Gasteiger partial charge in [-0.2, -0.15) is 0 Å². The summed E-state index contributed by atoms with van der Waals surface area (Å²) < 4.78 is 0. The van der Waals surface area contributed by atoms with Crippen LogP contribution in [0.3, 0.4) is 0 Å². The van der Waals surface area contributed by atoms with E-state index >= 15 is 0 Å². The maximum atomic E-state index is 6.21. The molecule has 82 valence electrons. The van der Waals surface area contributed by atoms with Gasteiger partial charge in [0, 0.05) is 24.4 Å². The largest absolute Gasteiger partial charge is 0.327 e. The maximum Gasteiger partial charge on any atom is 0.0419 e. The lowest BCUT2D eigenvalue weighted by Crippen LogP contribution is -2.39. The second kappa shape index (κ2) is 5.24. The molecule has 2 heterocycles. The van der Waals surface area contributed by atoms with Crippen LogP contribution < -0.4 is 11.1 Å². The quantitative estimate of drug-likeness (QED) is 0.772. The van der Waals surface area contributed by atoms with Gasteiger partial charge >= 0.3 is 0 Å². The normalized spacial score (nSPS) is 20.1. The molecule has 3 nitrogen and oxygen atoms in total. The van der Waals surface area contributed by atoms with Crippen LogP contribution in [0.25, 0.3) is 0 Å². The molecule has 2 rings (SSSR count). The molecule has 1 aliphatic rings. The summed E-state index contributed by atoms with van der Waals surface area (Å²) in [5.74, 6) is 0.660. The van der Waals surface area contributed by atoms with E-state index in [-0.39, 0.29) is 6.04 Å². The summed E-state index contributed by atoms with van der Waals surface area (Å²) in [6.45, 7) is 2.22. The molecule has 0 amide bonds. The Labute approximate surface area is 91.1 Å². The molecule has 1 aromatic heterocycles. The van der Waals surface area contributed by atoms with E-state index in [0.29, 0.717) is 5.92 Å². The number of nitrogens with zero attached hydrogens (tertiary/aromatic N) is 1. The third kappa shape index (κ3) is 3.01. The number of nitrogens with one attached hydrogen (secondary N) is 1. The minimum atomic E-state index is 0.266. The highest BCUT2D eigenvalue weighted by Gasteiger charge is 2.20. The SMILES string of the molecule is NC(Cc1ccccn1)C1CCNCC1. The number of rotatable bonds is 3. The van der Waals surface area contributed by atoms with Gasteiger partial charge in [-0.1, -0.05) is 6.07 Å². The lowest BCUT2D eigenvalue weighted by molar-refractivity contribution is 0.315. The average molecular weight is 205 g/mol. The predicted octanol–water partition coefficient (Wildman–Crippen LogP) is 0.951. The van der Waals surface area contributed by atoms with E-state index in [2.05, 4.69) is 16.4 Å². The molecular formula is C12H19N3. The summed E-state index contributed by atoms with van der Waals surface area (Å²) in [6, 6.07) is 6.29. The Hall–Kier alpha value is -0.930. The van der Waals surface area contributed by atoms with E-state index in [4.69, 9.17) is 5.73 Å². The van der Waals surface area contributed by atoms with Crippen LogP contribution in [0.15, 0.2) is 24.4 Å². The highest BCUT2D eigenvalue weighted by molar-refractivity contribution is 5.05. The fourth-order valence-corrected chi connectivity index (χ4v) is 2.20. The van der Waals surface area contributed by atoms with Crippen molar-refractivity contribution in [2.45, 2.75) is 25.3 Å². The number of hydrogen-bond acceptors (Lipinski definition) is 3. The smallest absolute Gasteiger partial charge is 0.0419 e. The van der Waals surface area contributed by atoms with Gasteiger partial charge in [0.15, 0.2) is 0 Å². The molecule has 0 spiro atoms. The third-order valence-corrected chi connectivity index (χ3v) is 3.16. The molecule has 1 aliphatic heterocycles. The van der Waals surface area contributed by atoms with Crippen LogP contribution in [0.1, 0.15) is 18.5 Å². The first-order valence-corrected chi connectivity index (χ1v) is 5.72. The van der Waals surface area contributed by atoms with Crippen LogP contribution in [0.5, 0.6) is 0 Å². The average Bonchev–Trinajstić information content (AvgIpc) is 2.31. The summed E-state index contributed by atoms with van der Waals surface area (Å²) in [5, 5.41) is 3.36. The number of pyridine rings is 1. The van der Waals surface area contributed by atoms with Gasteiger partial charge in [-0.05, 0) is 44.0 Å². The second-order valence-electron chi connectivity index (χ2n) is 4.28. The zero-order chi connectivity index (χ0) is 10.5. The molecule has 1 unspecified atom stereocenters. The first-order valence-electron chi connectivity index (χ1n) is 5.72. The highest BCUT2D eigenvalue weighted by atomic mass is 14.9. The van der Waals surface area contributed by atoms with Crippen LogP contribution in [0.4, 0.5) is 0 Å². The van der Waals surface area contributed by atoms with Crippen molar-refractivity contribution in [3.8, 4) is 0 Å². The van der Waals surface area contributed by atoms with Gasteiger partial charge in [0.05, 0.1) is 0 Å². The van der Waals surface area contributed by atoms with Gasteiger partial charge < -0.3 is 11.1 Å². The van der Waals surface area contributed by atoms with Crippen molar-refractivity contribution >= 4 is 0 Å². The first-order chi connectivity index (χ1) is 7.36. The molecule has 0 aromatic carbocycles. The minimum Gasteiger partial charge on any atom is -0.327 e. The number of aromatic nitrogens is 1. The number of hydrogen-bond donors (Lipinski definition) is 2. The summed E-state index contributed by atoms with van der Waals surface area (Å²) in [5.41, 5.74) is 7.33. The van der Waals surface area contributed by atoms with Crippen LogP contribution in [0.2, 0.25) is 0 Å². The van der Waals surface area contributed by atoms with Crippen LogP contribution >= 0.6 is 0 Å². The van der Waals surface area contributed by atoms with Crippen molar-refractivity contribution in [2.24, 2.45) is 11.7 Å². The predicted molar refractivity (Wildman–Crippen MR) is 61.5 cm³/mol. The molecular weight excluding hydrogens is 186 g/mol. The van der Waals surface area contributed by atoms with Crippen LogP contribution in [0, 0.1) is 5.92 Å². The molecule has 1 aromatic rings. The molecule has 3 heteroatoms. The number of nitrogens with two attached hydrogens (primary N) is 1. The van der Waals surface area contributed by atoms with Crippen LogP contribution in [-0.2, 0) is 6.42 Å². The molecule has 1 saturated heterocycles. The van der Waals surface area contributed by atoms with Crippen molar-refractivity contribution in [2.75, 3.05) is 13.1 Å². The van der Waals surface area contributed by atoms with E-state index in [1.807, 2.05) is 18.3 Å². The standard InChI is InChI=1S/C12H19N3/c13-12(10-4-7-14-8-5-10)9-11-3-1-2-6-15-11/h1-3,6,10,12,14H,4-5,7-9,13H2. The zero-order valence-electron chi connectivity index (χ0n) is 9.02. The first kappa shape index (κ1) is 10.6. The van der Waals surface area contributed by atoms with Gasteiger partial charge in [0.2, 0.25) is 0 Å². The molecule has 0 bridgehead atoms. The highest BCUT2D eigenvalue weighted by Crippen LogP contribution is 2.17. The monoisotopic (exact) mass is 205 g/mol. The second-order valence-corrected chi connectivity index (χ2v) is 4.28. The Morgan fingerprint density at radius 1 is 1.40 bits per heavy atom. The Morgan fingerprint density at radius 3 is 2.87 bits per heavy atom. The molecule has 1 atom stereocenters. The van der Waals surface area contributed by atoms with Gasteiger partial charge in [0.25, 0.3) is 0 Å². The van der Waals surface area contributed by atoms with E-state index in [0.717, 1.165) is 25.2 Å². The van der Waals surface area contributed by atoms with Crippen molar-refractivity contribution in [1.29, 1.82) is 0 Å². The van der Waals surface area contributed by atoms with Crippen molar-refractivity contribution in [1.82, 2.24) is 10.3 Å². The Morgan fingerprint density at radius 2 is 2.20 bits per heavy atom. The van der Waals surface area contributed by atoms with Gasteiger partial charge in [-0.3, -0.25) is 4.98 Å². The molecule has 1 fully saturated rings.